The molecule has 0 amide bonds. The number of aromatic nitrogens is 2. The SMILES string of the molecule is O=C(O)C[C@H](O)C[C@H](O)/C=C/n1c(C(F)(F)F)nc(-c2ccc(F)cc2)c1-c1ccc(F)cc1. The summed E-state index contributed by atoms with van der Waals surface area (Å²) in [6, 6.07) is 9.20. The zero-order valence-corrected chi connectivity index (χ0v) is 17.4. The third kappa shape index (κ3) is 6.06. The van der Waals surface area contributed by atoms with Crippen LogP contribution < -0.4 is 0 Å². The maximum atomic E-state index is 13.9. The fourth-order valence-corrected chi connectivity index (χ4v) is 3.30. The Morgan fingerprint density at radius 1 is 0.971 bits per heavy atom. The standard InChI is InChI=1S/C23H19F5N2O4/c24-15-5-1-13(2-6-15)20-21(14-3-7-16(25)8-4-14)30(22(29-20)23(26,27)28)10-9-17(31)11-18(32)12-19(33)34/h1-10,17-18,31-32H,11-12H2,(H,33,34)/b10-9+/t17-,18-/m1/s1. The fourth-order valence-electron chi connectivity index (χ4n) is 3.30. The number of carbonyl (C=O) groups is 1. The van der Waals surface area contributed by atoms with Gasteiger partial charge in [-0.3, -0.25) is 9.36 Å². The summed E-state index contributed by atoms with van der Waals surface area (Å²) >= 11 is 0. The van der Waals surface area contributed by atoms with Gasteiger partial charge in [0.25, 0.3) is 0 Å². The predicted molar refractivity (Wildman–Crippen MR) is 112 cm³/mol. The van der Waals surface area contributed by atoms with Crippen molar-refractivity contribution in [1.82, 2.24) is 9.55 Å². The Morgan fingerprint density at radius 3 is 2.00 bits per heavy atom. The lowest BCUT2D eigenvalue weighted by molar-refractivity contribution is -0.145. The number of carboxylic acid groups (broad SMARTS) is 1. The lowest BCUT2D eigenvalue weighted by atomic mass is 10.0. The van der Waals surface area contributed by atoms with Gasteiger partial charge in [0, 0.05) is 23.7 Å². The molecule has 3 aromatic rings. The largest absolute Gasteiger partial charge is 0.481 e. The van der Waals surface area contributed by atoms with Crippen LogP contribution in [0, 0.1) is 11.6 Å². The Balaban J connectivity index is 2.15. The molecule has 1 heterocycles. The molecule has 0 radical (unpaired) electrons. The van der Waals surface area contributed by atoms with Crippen molar-refractivity contribution in [2.45, 2.75) is 31.2 Å². The molecule has 3 N–H and O–H groups in total. The maximum Gasteiger partial charge on any atom is 0.450 e. The lowest BCUT2D eigenvalue weighted by Gasteiger charge is -2.13. The molecule has 180 valence electrons. The van der Waals surface area contributed by atoms with Gasteiger partial charge in [0.15, 0.2) is 0 Å². The maximum absolute atomic E-state index is 13.9. The monoisotopic (exact) mass is 482 g/mol. The minimum atomic E-state index is -4.94. The van der Waals surface area contributed by atoms with E-state index in [-0.39, 0.29) is 22.5 Å². The minimum absolute atomic E-state index is 0.103. The number of nitrogens with zero attached hydrogens (tertiary/aromatic N) is 2. The summed E-state index contributed by atoms with van der Waals surface area (Å²) in [6.45, 7) is 0. The summed E-state index contributed by atoms with van der Waals surface area (Å²) in [5.41, 5.74) is 0.0574. The number of hydrogen-bond donors (Lipinski definition) is 3. The summed E-state index contributed by atoms with van der Waals surface area (Å²) in [6.07, 6.45) is -7.09. The molecule has 0 aliphatic heterocycles. The molecule has 0 bridgehead atoms. The molecule has 34 heavy (non-hydrogen) atoms. The number of hydrogen-bond acceptors (Lipinski definition) is 4. The molecule has 2 atom stereocenters. The van der Waals surface area contributed by atoms with Gasteiger partial charge in [-0.15, -0.1) is 0 Å². The van der Waals surface area contributed by atoms with Crippen molar-refractivity contribution in [2.24, 2.45) is 0 Å². The molecule has 0 aliphatic rings. The van der Waals surface area contributed by atoms with Crippen LogP contribution in [0.4, 0.5) is 22.0 Å². The number of alkyl halides is 3. The molecule has 2 aromatic carbocycles. The van der Waals surface area contributed by atoms with Crippen LogP contribution in [0.2, 0.25) is 0 Å². The molecule has 3 rings (SSSR count). The summed E-state index contributed by atoms with van der Waals surface area (Å²) in [7, 11) is 0. The van der Waals surface area contributed by atoms with Gasteiger partial charge in [0.05, 0.1) is 30.0 Å². The highest BCUT2D eigenvalue weighted by Crippen LogP contribution is 2.39. The van der Waals surface area contributed by atoms with Crippen LogP contribution in [0.15, 0.2) is 54.6 Å². The number of halogens is 5. The molecule has 11 heteroatoms. The molecule has 0 saturated carbocycles. The van der Waals surface area contributed by atoms with Gasteiger partial charge in [-0.05, 0) is 54.6 Å². The van der Waals surface area contributed by atoms with Crippen LogP contribution in [0.1, 0.15) is 18.7 Å². The third-order valence-corrected chi connectivity index (χ3v) is 4.78. The summed E-state index contributed by atoms with van der Waals surface area (Å²) in [5.74, 6) is -3.89. The molecular formula is C23H19F5N2O4. The van der Waals surface area contributed by atoms with Crippen LogP contribution in [0.3, 0.4) is 0 Å². The third-order valence-electron chi connectivity index (χ3n) is 4.78. The molecule has 0 fully saturated rings. The summed E-state index contributed by atoms with van der Waals surface area (Å²) in [4.78, 5) is 14.4. The highest BCUT2D eigenvalue weighted by atomic mass is 19.4. The minimum Gasteiger partial charge on any atom is -0.481 e. The number of rotatable bonds is 8. The van der Waals surface area contributed by atoms with E-state index >= 15 is 0 Å². The number of aliphatic hydroxyl groups excluding tert-OH is 2. The normalized spacial score (nSPS) is 13.9. The van der Waals surface area contributed by atoms with E-state index in [0.717, 1.165) is 36.5 Å². The van der Waals surface area contributed by atoms with Gasteiger partial charge >= 0.3 is 12.1 Å². The second-order valence-electron chi connectivity index (χ2n) is 7.41. The topological polar surface area (TPSA) is 95.6 Å². The van der Waals surface area contributed by atoms with Crippen molar-refractivity contribution in [1.29, 1.82) is 0 Å². The van der Waals surface area contributed by atoms with E-state index in [4.69, 9.17) is 5.11 Å². The molecule has 6 nitrogen and oxygen atoms in total. The summed E-state index contributed by atoms with van der Waals surface area (Å²) < 4.78 is 69.1. The smallest absolute Gasteiger partial charge is 0.450 e. The van der Waals surface area contributed by atoms with Crippen LogP contribution in [-0.4, -0.2) is 43.0 Å². The van der Waals surface area contributed by atoms with Gasteiger partial charge in [-0.25, -0.2) is 13.8 Å². The quantitative estimate of drug-likeness (QED) is 0.409. The first-order valence-corrected chi connectivity index (χ1v) is 9.93. The van der Waals surface area contributed by atoms with Crippen LogP contribution in [0.25, 0.3) is 28.7 Å². The second-order valence-corrected chi connectivity index (χ2v) is 7.41. The van der Waals surface area contributed by atoms with Crippen molar-refractivity contribution in [3.8, 4) is 22.5 Å². The average Bonchev–Trinajstić information content (AvgIpc) is 3.12. The first kappa shape index (κ1) is 25.1. The number of aliphatic hydroxyl groups is 2. The fraction of sp³-hybridized carbons (Fsp3) is 0.217. The van der Waals surface area contributed by atoms with E-state index in [2.05, 4.69) is 4.98 Å². The summed E-state index contributed by atoms with van der Waals surface area (Å²) in [5, 5.41) is 28.5. The highest BCUT2D eigenvalue weighted by Gasteiger charge is 2.39. The van der Waals surface area contributed by atoms with Crippen molar-refractivity contribution in [2.75, 3.05) is 0 Å². The molecule has 0 aliphatic carbocycles. The second kappa shape index (κ2) is 10.1. The molecule has 1 aromatic heterocycles. The van der Waals surface area contributed by atoms with Gasteiger partial charge < -0.3 is 15.3 Å². The molecule has 0 spiro atoms. The van der Waals surface area contributed by atoms with Crippen molar-refractivity contribution in [3.05, 3.63) is 72.1 Å². The molecular weight excluding hydrogens is 463 g/mol. The Hall–Kier alpha value is -3.57. The van der Waals surface area contributed by atoms with Gasteiger partial charge in [-0.1, -0.05) is 0 Å². The number of aliphatic carboxylic acids is 1. The van der Waals surface area contributed by atoms with E-state index < -0.39 is 54.7 Å². The van der Waals surface area contributed by atoms with E-state index in [1.807, 2.05) is 0 Å². The van der Waals surface area contributed by atoms with Gasteiger partial charge in [0.2, 0.25) is 5.82 Å². The predicted octanol–water partition coefficient (Wildman–Crippen LogP) is 4.57. The van der Waals surface area contributed by atoms with Gasteiger partial charge in [-0.2, -0.15) is 13.2 Å². The Labute approximate surface area is 190 Å². The zero-order valence-electron chi connectivity index (χ0n) is 17.4. The van der Waals surface area contributed by atoms with E-state index in [1.54, 1.807) is 0 Å². The van der Waals surface area contributed by atoms with Crippen LogP contribution >= 0.6 is 0 Å². The first-order chi connectivity index (χ1) is 16.0. The van der Waals surface area contributed by atoms with Crippen molar-refractivity contribution < 1.29 is 42.1 Å². The highest BCUT2D eigenvalue weighted by molar-refractivity contribution is 5.80. The van der Waals surface area contributed by atoms with Crippen LogP contribution in [-0.2, 0) is 11.0 Å². The Morgan fingerprint density at radius 2 is 1.50 bits per heavy atom. The van der Waals surface area contributed by atoms with Gasteiger partial charge in [0.1, 0.15) is 11.6 Å². The van der Waals surface area contributed by atoms with E-state index in [1.165, 1.54) is 24.3 Å². The lowest BCUT2D eigenvalue weighted by Crippen LogP contribution is -2.19. The van der Waals surface area contributed by atoms with Crippen molar-refractivity contribution in [3.63, 3.8) is 0 Å². The average molecular weight is 482 g/mol. The number of imidazole rings is 1. The molecule has 0 unspecified atom stereocenters. The van der Waals surface area contributed by atoms with E-state index in [9.17, 15) is 37.0 Å². The zero-order chi connectivity index (χ0) is 25.0. The van der Waals surface area contributed by atoms with Crippen molar-refractivity contribution >= 4 is 12.2 Å². The van der Waals surface area contributed by atoms with E-state index in [0.29, 0.717) is 4.57 Å². The first-order valence-electron chi connectivity index (χ1n) is 9.93. The number of carboxylic acids is 1. The Bertz CT molecular complexity index is 1170. The molecule has 0 saturated heterocycles. The van der Waals surface area contributed by atoms with Crippen LogP contribution in [0.5, 0.6) is 0 Å². The number of benzene rings is 2. The Kier molecular flexibility index (Phi) is 7.48.